The van der Waals surface area contributed by atoms with Crippen molar-refractivity contribution >= 4 is 15.7 Å². The first-order valence-corrected chi connectivity index (χ1v) is 7.02. The summed E-state index contributed by atoms with van der Waals surface area (Å²) in [5, 5.41) is 12.6. The molecule has 1 aromatic rings. The summed E-state index contributed by atoms with van der Waals surface area (Å²) in [6.07, 6.45) is 0. The van der Waals surface area contributed by atoms with Crippen LogP contribution in [0.25, 0.3) is 0 Å². The molecule has 1 aliphatic rings. The highest BCUT2D eigenvalue weighted by molar-refractivity contribution is 7.89. The highest BCUT2D eigenvalue weighted by Crippen LogP contribution is 2.19. The topological polar surface area (TPSA) is 97.1 Å². The van der Waals surface area contributed by atoms with Gasteiger partial charge in [-0.05, 0) is 12.1 Å². The van der Waals surface area contributed by atoms with Crippen LogP contribution in [0.2, 0.25) is 0 Å². The van der Waals surface area contributed by atoms with Crippen molar-refractivity contribution in [2.24, 2.45) is 0 Å². The molecule has 1 aromatic carbocycles. The lowest BCUT2D eigenvalue weighted by atomic mass is 10.3. The molecule has 0 unspecified atom stereocenters. The second-order valence-electron chi connectivity index (χ2n) is 4.02. The van der Waals surface area contributed by atoms with E-state index in [1.807, 2.05) is 0 Å². The Morgan fingerprint density at radius 2 is 1.72 bits per heavy atom. The Morgan fingerprint density at radius 1 is 1.17 bits per heavy atom. The number of hydrogen-bond donors (Lipinski definition) is 1. The third-order valence-corrected chi connectivity index (χ3v) is 4.76. The number of rotatable bonds is 3. The SMILES string of the molecule is O=[N+]([O-])c1ccc(S(=O)(=O)N2CC[NH2+]CC2)cc1. The second kappa shape index (κ2) is 5.01. The molecule has 0 spiro atoms. The molecule has 2 rings (SSSR count). The normalized spacial score (nSPS) is 17.6. The maximum absolute atomic E-state index is 12.2. The summed E-state index contributed by atoms with van der Waals surface area (Å²) < 4.78 is 25.8. The Labute approximate surface area is 105 Å². The van der Waals surface area contributed by atoms with Gasteiger partial charge in [0.1, 0.15) is 0 Å². The molecule has 0 aliphatic carbocycles. The minimum Gasteiger partial charge on any atom is -0.344 e. The van der Waals surface area contributed by atoms with Crippen molar-refractivity contribution in [3.8, 4) is 0 Å². The third kappa shape index (κ3) is 2.50. The van der Waals surface area contributed by atoms with Gasteiger partial charge in [-0.25, -0.2) is 8.42 Å². The number of nitrogens with two attached hydrogens (primary N) is 1. The van der Waals surface area contributed by atoms with Crippen LogP contribution in [-0.2, 0) is 10.0 Å². The molecule has 1 aliphatic heterocycles. The highest BCUT2D eigenvalue weighted by atomic mass is 32.2. The first kappa shape index (κ1) is 12.9. The molecule has 1 fully saturated rings. The van der Waals surface area contributed by atoms with Gasteiger partial charge in [0, 0.05) is 12.1 Å². The van der Waals surface area contributed by atoms with E-state index in [2.05, 4.69) is 5.32 Å². The van der Waals surface area contributed by atoms with E-state index >= 15 is 0 Å². The molecule has 2 N–H and O–H groups in total. The molecular formula is C10H14N3O4S+. The van der Waals surface area contributed by atoms with Gasteiger partial charge in [0.25, 0.3) is 5.69 Å². The van der Waals surface area contributed by atoms with Crippen molar-refractivity contribution in [2.75, 3.05) is 26.2 Å². The van der Waals surface area contributed by atoms with Gasteiger partial charge in [-0.3, -0.25) is 10.1 Å². The molecule has 7 nitrogen and oxygen atoms in total. The number of hydrogen-bond acceptors (Lipinski definition) is 4. The zero-order valence-corrected chi connectivity index (χ0v) is 10.5. The zero-order chi connectivity index (χ0) is 13.2. The summed E-state index contributed by atoms with van der Waals surface area (Å²) in [5.74, 6) is 0. The van der Waals surface area contributed by atoms with Crippen LogP contribution >= 0.6 is 0 Å². The minimum absolute atomic E-state index is 0.106. The fourth-order valence-electron chi connectivity index (χ4n) is 1.86. The number of benzene rings is 1. The van der Waals surface area contributed by atoms with Crippen LogP contribution in [0.5, 0.6) is 0 Å². The zero-order valence-electron chi connectivity index (χ0n) is 9.65. The van der Waals surface area contributed by atoms with E-state index in [1.165, 1.54) is 28.6 Å². The van der Waals surface area contributed by atoms with Gasteiger partial charge in [-0.1, -0.05) is 0 Å². The second-order valence-corrected chi connectivity index (χ2v) is 5.96. The van der Waals surface area contributed by atoms with Crippen LogP contribution in [0, 0.1) is 10.1 Å². The van der Waals surface area contributed by atoms with Crippen molar-refractivity contribution in [3.63, 3.8) is 0 Å². The van der Waals surface area contributed by atoms with Gasteiger partial charge in [0.15, 0.2) is 0 Å². The third-order valence-electron chi connectivity index (χ3n) is 2.85. The predicted octanol–water partition coefficient (Wildman–Crippen LogP) is -0.837. The van der Waals surface area contributed by atoms with Crippen molar-refractivity contribution in [2.45, 2.75) is 4.90 Å². The van der Waals surface area contributed by atoms with Crippen LogP contribution in [0.3, 0.4) is 0 Å². The minimum atomic E-state index is -3.51. The van der Waals surface area contributed by atoms with Crippen LogP contribution < -0.4 is 5.32 Å². The van der Waals surface area contributed by atoms with Gasteiger partial charge < -0.3 is 5.32 Å². The number of piperazine rings is 1. The molecular weight excluding hydrogens is 258 g/mol. The summed E-state index contributed by atoms with van der Waals surface area (Å²) in [7, 11) is -3.51. The van der Waals surface area contributed by atoms with Crippen molar-refractivity contribution in [1.29, 1.82) is 0 Å². The van der Waals surface area contributed by atoms with E-state index in [0.717, 1.165) is 13.1 Å². The van der Waals surface area contributed by atoms with Crippen molar-refractivity contribution < 1.29 is 18.7 Å². The largest absolute Gasteiger partial charge is 0.344 e. The Kier molecular flexibility index (Phi) is 3.60. The quantitative estimate of drug-likeness (QED) is 0.573. The van der Waals surface area contributed by atoms with E-state index in [1.54, 1.807) is 0 Å². The smallest absolute Gasteiger partial charge is 0.269 e. The van der Waals surface area contributed by atoms with E-state index in [-0.39, 0.29) is 10.6 Å². The Hall–Kier alpha value is -1.51. The van der Waals surface area contributed by atoms with Gasteiger partial charge in [0.2, 0.25) is 10.0 Å². The molecule has 0 aromatic heterocycles. The van der Waals surface area contributed by atoms with E-state index in [0.29, 0.717) is 13.1 Å². The molecule has 0 saturated carbocycles. The Morgan fingerprint density at radius 3 is 2.22 bits per heavy atom. The lowest BCUT2D eigenvalue weighted by Crippen LogP contribution is -2.89. The summed E-state index contributed by atoms with van der Waals surface area (Å²) in [6.45, 7) is 2.43. The molecule has 8 heteroatoms. The summed E-state index contributed by atoms with van der Waals surface area (Å²) in [5.41, 5.74) is -0.110. The first-order valence-electron chi connectivity index (χ1n) is 5.58. The lowest BCUT2D eigenvalue weighted by molar-refractivity contribution is -0.661. The van der Waals surface area contributed by atoms with Crippen LogP contribution in [0.4, 0.5) is 5.69 Å². The number of nitro groups is 1. The molecule has 0 atom stereocenters. The number of non-ortho nitro benzene ring substituents is 1. The van der Waals surface area contributed by atoms with Gasteiger partial charge >= 0.3 is 0 Å². The number of nitro benzene ring substituents is 1. The molecule has 1 heterocycles. The summed E-state index contributed by atoms with van der Waals surface area (Å²) in [6, 6.07) is 4.99. The molecule has 0 radical (unpaired) electrons. The number of sulfonamides is 1. The predicted molar refractivity (Wildman–Crippen MR) is 63.5 cm³/mol. The van der Waals surface area contributed by atoms with Gasteiger partial charge in [-0.15, -0.1) is 0 Å². The highest BCUT2D eigenvalue weighted by Gasteiger charge is 2.27. The van der Waals surface area contributed by atoms with Gasteiger partial charge in [0.05, 0.1) is 36.0 Å². The first-order chi connectivity index (χ1) is 8.51. The lowest BCUT2D eigenvalue weighted by Gasteiger charge is -2.24. The number of nitrogens with zero attached hydrogens (tertiary/aromatic N) is 2. The summed E-state index contributed by atoms with van der Waals surface area (Å²) in [4.78, 5) is 10.1. The van der Waals surface area contributed by atoms with Gasteiger partial charge in [-0.2, -0.15) is 4.31 Å². The molecule has 98 valence electrons. The number of quaternary nitrogens is 1. The molecule has 1 saturated heterocycles. The summed E-state index contributed by atoms with van der Waals surface area (Å²) >= 11 is 0. The van der Waals surface area contributed by atoms with Crippen molar-refractivity contribution in [3.05, 3.63) is 34.4 Å². The molecule has 18 heavy (non-hydrogen) atoms. The van der Waals surface area contributed by atoms with Crippen LogP contribution in [0.1, 0.15) is 0 Å². The monoisotopic (exact) mass is 272 g/mol. The van der Waals surface area contributed by atoms with Crippen LogP contribution in [0.15, 0.2) is 29.2 Å². The Bertz CT molecular complexity index is 535. The Balaban J connectivity index is 2.26. The maximum Gasteiger partial charge on any atom is 0.269 e. The van der Waals surface area contributed by atoms with Crippen molar-refractivity contribution in [1.82, 2.24) is 4.31 Å². The average Bonchev–Trinajstić information content (AvgIpc) is 2.40. The molecule has 0 bridgehead atoms. The fraction of sp³-hybridized carbons (Fsp3) is 0.400. The maximum atomic E-state index is 12.2. The molecule has 0 amide bonds. The van der Waals surface area contributed by atoms with E-state index < -0.39 is 14.9 Å². The van der Waals surface area contributed by atoms with E-state index in [4.69, 9.17) is 0 Å². The standard InChI is InChI=1S/C10H13N3O4S/c14-13(15)9-1-3-10(4-2-9)18(16,17)12-7-5-11-6-8-12/h1-4,11H,5-8H2/p+1. The van der Waals surface area contributed by atoms with E-state index in [9.17, 15) is 18.5 Å². The van der Waals surface area contributed by atoms with Crippen LogP contribution in [-0.4, -0.2) is 43.8 Å². The average molecular weight is 272 g/mol. The fourth-order valence-corrected chi connectivity index (χ4v) is 3.33.